The van der Waals surface area contributed by atoms with E-state index in [1.807, 2.05) is 12.1 Å². The Morgan fingerprint density at radius 2 is 1.88 bits per heavy atom. The molecule has 0 spiro atoms. The summed E-state index contributed by atoms with van der Waals surface area (Å²) in [4.78, 5) is 12.6. The Morgan fingerprint density at radius 1 is 1.29 bits per heavy atom. The third-order valence-corrected chi connectivity index (χ3v) is 3.29. The van der Waals surface area contributed by atoms with Crippen LogP contribution in [0.15, 0.2) is 24.3 Å². The lowest BCUT2D eigenvalue weighted by molar-refractivity contribution is -0.384. The monoisotopic (exact) mass is 235 g/mol. The molecule has 92 valence electrons. The molecule has 0 aliphatic carbocycles. The zero-order valence-corrected chi connectivity index (χ0v) is 9.93. The summed E-state index contributed by atoms with van der Waals surface area (Å²) >= 11 is 0. The van der Waals surface area contributed by atoms with Gasteiger partial charge >= 0.3 is 0 Å². The van der Waals surface area contributed by atoms with Crippen molar-refractivity contribution in [1.82, 2.24) is 10.2 Å². The molecule has 1 heterocycles. The molecule has 0 bridgehead atoms. The van der Waals surface area contributed by atoms with E-state index in [0.717, 1.165) is 31.7 Å². The molecule has 1 aliphatic rings. The van der Waals surface area contributed by atoms with Crippen LogP contribution in [-0.4, -0.2) is 36.0 Å². The van der Waals surface area contributed by atoms with Gasteiger partial charge in [-0.25, -0.2) is 0 Å². The van der Waals surface area contributed by atoms with Crippen LogP contribution >= 0.6 is 0 Å². The van der Waals surface area contributed by atoms with E-state index >= 15 is 0 Å². The fourth-order valence-electron chi connectivity index (χ4n) is 2.15. The Morgan fingerprint density at radius 3 is 2.41 bits per heavy atom. The van der Waals surface area contributed by atoms with Crippen molar-refractivity contribution >= 4 is 5.69 Å². The van der Waals surface area contributed by atoms with Gasteiger partial charge in [0, 0.05) is 44.4 Å². The van der Waals surface area contributed by atoms with Gasteiger partial charge in [-0.2, -0.15) is 0 Å². The second-order valence-electron chi connectivity index (χ2n) is 4.31. The maximum absolute atomic E-state index is 10.6. The van der Waals surface area contributed by atoms with Crippen LogP contribution in [0.4, 0.5) is 5.69 Å². The fraction of sp³-hybridized carbons (Fsp3) is 0.500. The number of nitrogens with one attached hydrogen (secondary N) is 1. The van der Waals surface area contributed by atoms with Crippen molar-refractivity contribution in [1.29, 1.82) is 0 Å². The van der Waals surface area contributed by atoms with Crippen molar-refractivity contribution in [2.24, 2.45) is 0 Å². The summed E-state index contributed by atoms with van der Waals surface area (Å²) in [6.07, 6.45) is 0. The highest BCUT2D eigenvalue weighted by Crippen LogP contribution is 2.22. The topological polar surface area (TPSA) is 58.4 Å². The number of piperazine rings is 1. The van der Waals surface area contributed by atoms with Crippen LogP contribution < -0.4 is 5.32 Å². The fourth-order valence-corrected chi connectivity index (χ4v) is 2.15. The van der Waals surface area contributed by atoms with Crippen molar-refractivity contribution in [2.45, 2.75) is 13.0 Å². The average Bonchev–Trinajstić information content (AvgIpc) is 2.39. The summed E-state index contributed by atoms with van der Waals surface area (Å²) in [5.74, 6) is 0. The molecule has 0 amide bonds. The molecule has 5 heteroatoms. The lowest BCUT2D eigenvalue weighted by Crippen LogP contribution is -2.44. The van der Waals surface area contributed by atoms with Gasteiger partial charge in [-0.05, 0) is 12.5 Å². The molecular formula is C12H17N3O2. The van der Waals surface area contributed by atoms with Crippen LogP contribution in [0.2, 0.25) is 0 Å². The van der Waals surface area contributed by atoms with Crippen molar-refractivity contribution in [3.05, 3.63) is 39.9 Å². The largest absolute Gasteiger partial charge is 0.314 e. The molecule has 5 nitrogen and oxygen atoms in total. The lowest BCUT2D eigenvalue weighted by Gasteiger charge is -2.33. The second kappa shape index (κ2) is 5.25. The molecule has 1 fully saturated rings. The van der Waals surface area contributed by atoms with Crippen molar-refractivity contribution in [3.8, 4) is 0 Å². The number of non-ortho nitro benzene ring substituents is 1. The summed E-state index contributed by atoms with van der Waals surface area (Å²) in [5.41, 5.74) is 1.29. The molecule has 1 N–H and O–H groups in total. The normalized spacial score (nSPS) is 18.9. The maximum Gasteiger partial charge on any atom is 0.269 e. The third kappa shape index (κ3) is 2.81. The predicted octanol–water partition coefficient (Wildman–Crippen LogP) is 1.56. The Balaban J connectivity index is 2.07. The first kappa shape index (κ1) is 12.0. The molecule has 1 aromatic rings. The Labute approximate surface area is 101 Å². The number of nitro benzene ring substituents is 1. The standard InChI is InChI=1S/C12H17N3O2/c1-10(14-8-6-13-7-9-14)11-2-4-12(5-3-11)15(16)17/h2-5,10,13H,6-9H2,1H3/t10-/m1/s1. The average molecular weight is 235 g/mol. The zero-order valence-electron chi connectivity index (χ0n) is 9.93. The van der Waals surface area contributed by atoms with E-state index in [9.17, 15) is 10.1 Å². The molecule has 0 unspecified atom stereocenters. The summed E-state index contributed by atoms with van der Waals surface area (Å²) < 4.78 is 0. The molecule has 0 saturated carbocycles. The minimum atomic E-state index is -0.362. The minimum absolute atomic E-state index is 0.154. The molecular weight excluding hydrogens is 218 g/mol. The number of hydrogen-bond acceptors (Lipinski definition) is 4. The van der Waals surface area contributed by atoms with Gasteiger partial charge in [0.1, 0.15) is 0 Å². The van der Waals surface area contributed by atoms with Crippen molar-refractivity contribution in [2.75, 3.05) is 26.2 Å². The summed E-state index contributed by atoms with van der Waals surface area (Å²) in [6, 6.07) is 7.18. The van der Waals surface area contributed by atoms with E-state index in [1.54, 1.807) is 12.1 Å². The highest BCUT2D eigenvalue weighted by Gasteiger charge is 2.18. The third-order valence-electron chi connectivity index (χ3n) is 3.29. The van der Waals surface area contributed by atoms with E-state index in [2.05, 4.69) is 17.1 Å². The van der Waals surface area contributed by atoms with Crippen LogP contribution in [-0.2, 0) is 0 Å². The van der Waals surface area contributed by atoms with Gasteiger partial charge in [0.25, 0.3) is 5.69 Å². The van der Waals surface area contributed by atoms with Crippen LogP contribution in [0.1, 0.15) is 18.5 Å². The van der Waals surface area contributed by atoms with E-state index in [-0.39, 0.29) is 10.6 Å². The van der Waals surface area contributed by atoms with Crippen molar-refractivity contribution in [3.63, 3.8) is 0 Å². The molecule has 0 radical (unpaired) electrons. The van der Waals surface area contributed by atoms with E-state index in [4.69, 9.17) is 0 Å². The molecule has 1 aliphatic heterocycles. The first-order valence-electron chi connectivity index (χ1n) is 5.87. The number of hydrogen-bond donors (Lipinski definition) is 1. The van der Waals surface area contributed by atoms with E-state index in [0.29, 0.717) is 6.04 Å². The number of benzene rings is 1. The van der Waals surface area contributed by atoms with Gasteiger partial charge in [0.05, 0.1) is 4.92 Å². The molecule has 17 heavy (non-hydrogen) atoms. The molecule has 1 atom stereocenters. The minimum Gasteiger partial charge on any atom is -0.314 e. The summed E-state index contributed by atoms with van der Waals surface area (Å²) in [5, 5.41) is 13.9. The summed E-state index contributed by atoms with van der Waals surface area (Å²) in [7, 11) is 0. The van der Waals surface area contributed by atoms with Gasteiger partial charge in [0.2, 0.25) is 0 Å². The van der Waals surface area contributed by atoms with Gasteiger partial charge in [-0.1, -0.05) is 12.1 Å². The molecule has 2 rings (SSSR count). The zero-order chi connectivity index (χ0) is 12.3. The van der Waals surface area contributed by atoms with Gasteiger partial charge in [0.15, 0.2) is 0 Å². The van der Waals surface area contributed by atoms with Gasteiger partial charge in [-0.3, -0.25) is 15.0 Å². The first-order chi connectivity index (χ1) is 8.18. The predicted molar refractivity (Wildman–Crippen MR) is 66.0 cm³/mol. The van der Waals surface area contributed by atoms with E-state index in [1.165, 1.54) is 0 Å². The van der Waals surface area contributed by atoms with Crippen LogP contribution in [0.5, 0.6) is 0 Å². The quantitative estimate of drug-likeness (QED) is 0.638. The number of nitrogens with zero attached hydrogens (tertiary/aromatic N) is 2. The molecule has 1 aromatic carbocycles. The lowest BCUT2D eigenvalue weighted by atomic mass is 10.1. The number of rotatable bonds is 3. The van der Waals surface area contributed by atoms with Crippen LogP contribution in [0, 0.1) is 10.1 Å². The number of nitro groups is 1. The van der Waals surface area contributed by atoms with Gasteiger partial charge in [-0.15, -0.1) is 0 Å². The first-order valence-corrected chi connectivity index (χ1v) is 5.87. The van der Waals surface area contributed by atoms with Crippen LogP contribution in [0.3, 0.4) is 0 Å². The second-order valence-corrected chi connectivity index (χ2v) is 4.31. The highest BCUT2D eigenvalue weighted by atomic mass is 16.6. The highest BCUT2D eigenvalue weighted by molar-refractivity contribution is 5.34. The summed E-state index contributed by atoms with van der Waals surface area (Å²) in [6.45, 7) is 6.22. The maximum atomic E-state index is 10.6. The smallest absolute Gasteiger partial charge is 0.269 e. The molecule has 0 aromatic heterocycles. The Kier molecular flexibility index (Phi) is 3.71. The van der Waals surface area contributed by atoms with Gasteiger partial charge < -0.3 is 5.32 Å². The van der Waals surface area contributed by atoms with E-state index < -0.39 is 0 Å². The Bertz CT molecular complexity index is 385. The SMILES string of the molecule is C[C@H](c1ccc([N+](=O)[O-])cc1)N1CCNCC1. The molecule has 1 saturated heterocycles. The Hall–Kier alpha value is -1.46. The van der Waals surface area contributed by atoms with Crippen molar-refractivity contribution < 1.29 is 4.92 Å². The van der Waals surface area contributed by atoms with Crippen LogP contribution in [0.25, 0.3) is 0 Å².